The Balaban J connectivity index is 0.0000372. The molecule has 0 fully saturated rings. The molecule has 1 unspecified atom stereocenters. The van der Waals surface area contributed by atoms with Crippen LogP contribution >= 0.6 is 11.6 Å². The molecule has 10 N–H and O–H groups in total. The molecule has 0 saturated heterocycles. The molecule has 2 aromatic carbocycles. The van der Waals surface area contributed by atoms with E-state index in [4.69, 9.17) is 78.2 Å². The van der Waals surface area contributed by atoms with Crippen LogP contribution in [-0.4, -0.2) is 328 Å². The van der Waals surface area contributed by atoms with Gasteiger partial charge in [-0.3, -0.25) is 33.7 Å². The number of aromatic amines is 1. The number of rotatable bonds is 74. The Kier molecular flexibility index (Phi) is 59.2. The van der Waals surface area contributed by atoms with Crippen molar-refractivity contribution < 1.29 is 121 Å². The van der Waals surface area contributed by atoms with E-state index >= 15 is 0 Å². The first-order valence-corrected chi connectivity index (χ1v) is 41.6. The van der Waals surface area contributed by atoms with E-state index in [0.29, 0.717) is 233 Å². The summed E-state index contributed by atoms with van der Waals surface area (Å²) in [5, 5.41) is 60.7. The van der Waals surface area contributed by atoms with Gasteiger partial charge in [0, 0.05) is 71.6 Å². The zero-order valence-corrected chi connectivity index (χ0v) is 74.5. The number of amides is 6. The van der Waals surface area contributed by atoms with Gasteiger partial charge in [-0.05, 0) is 134 Å². The normalized spacial score (nSPS) is 12.5. The Hall–Kier alpha value is -7.18. The van der Waals surface area contributed by atoms with E-state index < -0.39 is 60.5 Å². The molecule has 0 bridgehead atoms. The van der Waals surface area contributed by atoms with Crippen molar-refractivity contribution in [3.05, 3.63) is 70.8 Å². The average molecular weight is 1800 g/mol. The summed E-state index contributed by atoms with van der Waals surface area (Å²) in [6.07, 6.45) is 5.74. The average Bonchev–Trinajstić information content (AvgIpc) is 1.55. The number of aryl methyl sites for hydroxylation is 1. The molecule has 39 heteroatoms. The number of nitrogens with one attached hydrogen (secondary N) is 8. The molecule has 4 rings (SSSR count). The van der Waals surface area contributed by atoms with Gasteiger partial charge in [0.1, 0.15) is 25.1 Å². The second-order valence-corrected chi connectivity index (χ2v) is 29.3. The first kappa shape index (κ1) is 107. The van der Waals surface area contributed by atoms with Gasteiger partial charge in [-0.2, -0.15) is 5.21 Å². The number of halogens is 1. The number of carbonyl (C=O) groups is 6. The summed E-state index contributed by atoms with van der Waals surface area (Å²) in [6.45, 7) is 26.2. The van der Waals surface area contributed by atoms with Crippen molar-refractivity contribution >= 4 is 58.5 Å². The molecular weight excluding hydrogens is 1670 g/mol. The quantitative estimate of drug-likeness (QED) is 0.0124. The Morgan fingerprint density at radius 3 is 1.56 bits per heavy atom. The predicted octanol–water partition coefficient (Wildman–Crippen LogP) is 4.70. The minimum atomic E-state index is -1.07. The molecule has 1 radical (unpaired) electrons. The summed E-state index contributed by atoms with van der Waals surface area (Å²) < 4.78 is 73.7. The first-order valence-electron chi connectivity index (χ1n) is 41.2. The molecule has 120 heavy (non-hydrogen) atoms. The van der Waals surface area contributed by atoms with Crippen LogP contribution in [-0.2, 0) is 130 Å². The second kappa shape index (κ2) is 66.4. The largest absolute Gasteiger partial charge is 0.411 e. The third kappa shape index (κ3) is 48.0. The molecule has 6 amide bonds. The summed E-state index contributed by atoms with van der Waals surface area (Å²) >= 11 is 6.90. The Morgan fingerprint density at radius 2 is 1.05 bits per heavy atom. The third-order valence-corrected chi connectivity index (χ3v) is 19.6. The molecular formula is C81H135ClN16O21Tc. The number of ether oxygens (including phenoxy) is 13. The monoisotopic (exact) mass is 1800 g/mol. The molecule has 0 spiro atoms. The summed E-state index contributed by atoms with van der Waals surface area (Å²) in [5.74, 6) is -1.17. The molecule has 2 aromatic heterocycles. The maximum absolute atomic E-state index is 14.3. The van der Waals surface area contributed by atoms with Crippen molar-refractivity contribution in [1.29, 1.82) is 0 Å². The van der Waals surface area contributed by atoms with Crippen LogP contribution in [0.3, 0.4) is 0 Å². The fourth-order valence-electron chi connectivity index (χ4n) is 11.4. The van der Waals surface area contributed by atoms with Gasteiger partial charge in [0.15, 0.2) is 5.15 Å². The summed E-state index contributed by atoms with van der Waals surface area (Å²) in [7, 11) is 1.97. The number of imidazole rings is 1. The molecule has 0 aliphatic heterocycles. The Bertz CT molecular complexity index is 3480. The van der Waals surface area contributed by atoms with Crippen LogP contribution in [0, 0.1) is 5.92 Å². The first-order chi connectivity index (χ1) is 57.6. The number of unbranched alkanes of at least 4 members (excludes halogenated alkanes) is 2. The Morgan fingerprint density at radius 1 is 0.550 bits per heavy atom. The number of nitrogens with zero attached hydrogens (tertiary/aromatic N) is 8. The smallest absolute Gasteiger partial charge is 0.246 e. The van der Waals surface area contributed by atoms with Crippen molar-refractivity contribution in [2.24, 2.45) is 16.2 Å². The van der Waals surface area contributed by atoms with E-state index in [-0.39, 0.29) is 75.6 Å². The number of hydrogen-bond donors (Lipinski definition) is 10. The molecule has 0 aliphatic carbocycles. The number of H-pyrrole nitrogens is 1. The molecule has 0 aliphatic rings. The summed E-state index contributed by atoms with van der Waals surface area (Å²) in [4.78, 5) is 84.3. The van der Waals surface area contributed by atoms with Gasteiger partial charge < -0.3 is 114 Å². The van der Waals surface area contributed by atoms with E-state index in [1.165, 1.54) is 6.92 Å². The fourth-order valence-corrected chi connectivity index (χ4v) is 11.7. The van der Waals surface area contributed by atoms with Crippen molar-refractivity contribution in [1.82, 2.24) is 72.3 Å². The van der Waals surface area contributed by atoms with E-state index in [2.05, 4.69) is 80.0 Å². The van der Waals surface area contributed by atoms with Crippen LogP contribution in [0.1, 0.15) is 130 Å². The fraction of sp³-hybridized carbons (Fsp3) is 0.704. The topological polar surface area (TPSA) is 447 Å². The maximum atomic E-state index is 14.3. The maximum Gasteiger partial charge on any atom is 0.246 e. The van der Waals surface area contributed by atoms with Gasteiger partial charge >= 0.3 is 0 Å². The van der Waals surface area contributed by atoms with Gasteiger partial charge in [0.2, 0.25) is 41.3 Å². The van der Waals surface area contributed by atoms with Crippen molar-refractivity contribution in [2.45, 2.75) is 150 Å². The molecule has 37 nitrogen and oxygen atoms in total. The van der Waals surface area contributed by atoms with Crippen LogP contribution in [0.4, 0.5) is 0 Å². The van der Waals surface area contributed by atoms with Gasteiger partial charge in [0.05, 0.1) is 200 Å². The van der Waals surface area contributed by atoms with Crippen molar-refractivity contribution in [2.75, 3.05) is 218 Å². The van der Waals surface area contributed by atoms with Crippen LogP contribution < -0.4 is 37.2 Å². The summed E-state index contributed by atoms with van der Waals surface area (Å²) in [6, 6.07) is 14.8. The molecule has 679 valence electrons. The van der Waals surface area contributed by atoms with Crippen LogP contribution in [0.25, 0.3) is 22.5 Å². The standard InChI is InChI=1S/C81H135ClN16O21.Tc/c1-10-11-19-72-90-77(82)71(98(72)59-66-20-22-67(23-21-66)68-16-12-13-17-69(68)78-91-95-96-92-78)57-87-79(104)70(89-74(101)58-86-76(103)61-119-60-75(102)85-29-24-65(25-30-88-80(5,6)62(2)93-105)26-32-97(9)81(7,8)63(3)94-106)18-14-15-28-84-73(100)27-33-107-35-37-109-39-41-111-43-45-113-47-49-115-51-53-117-55-56-118-54-52-116-50-48-114-46-44-112-42-40-110-38-36-108-34-31-83-64(4)99;/h12-13,16-17,20-23,65,70,88,105-106H,10-11,14-15,18-19,24-61H2,1-9H3,(H,83,99)(H,84,100)(H,85,102)(H,86,103)(H,87,104)(H,89,101)(H,91,92,95,96);/b93-62+,94-63+;/t65?,70-;/m0./s1/i;1+1. The van der Waals surface area contributed by atoms with Crippen molar-refractivity contribution in [3.63, 3.8) is 0 Å². The van der Waals surface area contributed by atoms with Crippen LogP contribution in [0.2, 0.25) is 5.15 Å². The number of benzene rings is 2. The van der Waals surface area contributed by atoms with Crippen molar-refractivity contribution in [3.8, 4) is 22.5 Å². The predicted molar refractivity (Wildman–Crippen MR) is 447 cm³/mol. The molecule has 0 saturated carbocycles. The van der Waals surface area contributed by atoms with E-state index in [9.17, 15) is 39.2 Å². The summed E-state index contributed by atoms with van der Waals surface area (Å²) in [5.41, 5.74) is 4.30. The number of hydrogen-bond acceptors (Lipinski definition) is 29. The van der Waals surface area contributed by atoms with Gasteiger partial charge in [0.25, 0.3) is 0 Å². The zero-order valence-electron chi connectivity index (χ0n) is 71.9. The SMILES string of the molecule is CCCCc1nc(Cl)c(CNC(=O)[C@H](CCCCNC(=O)CCOCCOCCOCCOCCOCCOCCOCCOCCOCCOCCOCCOCCNC(C)=O)NC(=O)CNC(=O)COCC(=O)NCCC(CCNC(C)(C)/C(C)=N/O)CCN(C)C(C)(C)/C(C)=N/O)n1Cc1ccc(-c2ccccc2-c2nn[nH]n2)cc1.[99Tc]. The van der Waals surface area contributed by atoms with Gasteiger partial charge in [-0.15, -0.1) is 10.2 Å². The van der Waals surface area contributed by atoms with Gasteiger partial charge in [-0.25, -0.2) is 4.98 Å². The minimum Gasteiger partial charge on any atom is -0.411 e. The Labute approximate surface area is 725 Å². The second-order valence-electron chi connectivity index (χ2n) is 29.0. The van der Waals surface area contributed by atoms with Gasteiger partial charge in [-0.1, -0.05) is 83.8 Å². The molecule has 4 aromatic rings. The number of tetrazole rings is 1. The molecule has 2 atom stereocenters. The van der Waals surface area contributed by atoms with E-state index in [1.807, 2.05) is 87.8 Å². The number of carbonyl (C=O) groups excluding carboxylic acids is 6. The minimum absolute atomic E-state index is 0. The van der Waals surface area contributed by atoms with E-state index in [1.54, 1.807) is 13.8 Å². The van der Waals surface area contributed by atoms with Crippen LogP contribution in [0.5, 0.6) is 0 Å². The number of aromatic nitrogens is 6. The van der Waals surface area contributed by atoms with Crippen LogP contribution in [0.15, 0.2) is 58.8 Å². The number of oxime groups is 2. The van der Waals surface area contributed by atoms with E-state index in [0.717, 1.165) is 53.8 Å². The molecule has 2 heterocycles. The zero-order chi connectivity index (χ0) is 86.4. The third-order valence-electron chi connectivity index (χ3n) is 19.3.